The molecule has 0 fully saturated rings. The molecular formula is C26H23N3O3. The SMILES string of the molecule is CCOC(=O)CCc1ccc2c(c1)nc(N)c1ncc(C#Cc3ccc(O)cc3C)cc12. The lowest BCUT2D eigenvalue weighted by Gasteiger charge is -2.08. The van der Waals surface area contributed by atoms with E-state index in [2.05, 4.69) is 21.8 Å². The van der Waals surface area contributed by atoms with Crippen LogP contribution in [0.25, 0.3) is 21.8 Å². The van der Waals surface area contributed by atoms with Crippen LogP contribution in [0.15, 0.2) is 48.7 Å². The number of aromatic nitrogens is 2. The first kappa shape index (κ1) is 21.1. The zero-order valence-corrected chi connectivity index (χ0v) is 18.0. The molecule has 6 nitrogen and oxygen atoms in total. The number of phenols is 1. The van der Waals surface area contributed by atoms with Gasteiger partial charge in [0.05, 0.1) is 12.1 Å². The molecule has 4 aromatic rings. The van der Waals surface area contributed by atoms with Crippen LogP contribution in [-0.2, 0) is 16.0 Å². The number of ether oxygens (including phenoxy) is 1. The molecule has 0 aliphatic rings. The van der Waals surface area contributed by atoms with Crippen LogP contribution in [0.1, 0.15) is 35.6 Å². The summed E-state index contributed by atoms with van der Waals surface area (Å²) in [7, 11) is 0. The maximum atomic E-state index is 11.7. The predicted molar refractivity (Wildman–Crippen MR) is 125 cm³/mol. The number of nitrogens with zero attached hydrogens (tertiary/aromatic N) is 2. The van der Waals surface area contributed by atoms with E-state index in [1.807, 2.05) is 31.2 Å². The molecule has 0 amide bonds. The molecule has 0 saturated carbocycles. The summed E-state index contributed by atoms with van der Waals surface area (Å²) >= 11 is 0. The third kappa shape index (κ3) is 4.47. The van der Waals surface area contributed by atoms with Crippen LogP contribution in [0.4, 0.5) is 5.82 Å². The van der Waals surface area contributed by atoms with Crippen molar-refractivity contribution in [3.05, 3.63) is 70.9 Å². The molecule has 0 aliphatic carbocycles. The predicted octanol–water partition coefficient (Wildman–Crippen LogP) is 4.27. The van der Waals surface area contributed by atoms with Crippen molar-refractivity contribution >= 4 is 33.6 Å². The Labute approximate surface area is 186 Å². The second-order valence-electron chi connectivity index (χ2n) is 7.52. The number of rotatable bonds is 4. The maximum absolute atomic E-state index is 11.7. The number of carbonyl (C=O) groups is 1. The fraction of sp³-hybridized carbons (Fsp3) is 0.192. The van der Waals surface area contributed by atoms with E-state index < -0.39 is 0 Å². The highest BCUT2D eigenvalue weighted by molar-refractivity contribution is 6.08. The van der Waals surface area contributed by atoms with Crippen molar-refractivity contribution < 1.29 is 14.6 Å². The number of phenolic OH excluding ortho intramolecular Hbond substituents is 1. The Hall–Kier alpha value is -4.11. The van der Waals surface area contributed by atoms with Crippen LogP contribution in [0.3, 0.4) is 0 Å². The number of aryl methyl sites for hydroxylation is 2. The van der Waals surface area contributed by atoms with E-state index >= 15 is 0 Å². The van der Waals surface area contributed by atoms with Gasteiger partial charge < -0.3 is 15.6 Å². The number of benzene rings is 2. The molecule has 2 aromatic carbocycles. The van der Waals surface area contributed by atoms with E-state index in [0.29, 0.717) is 30.8 Å². The first-order chi connectivity index (χ1) is 15.4. The molecule has 0 unspecified atom stereocenters. The molecule has 0 radical (unpaired) electrons. The molecule has 0 aliphatic heterocycles. The van der Waals surface area contributed by atoms with Gasteiger partial charge in [-0.2, -0.15) is 0 Å². The van der Waals surface area contributed by atoms with Crippen molar-refractivity contribution in [2.75, 3.05) is 12.3 Å². The first-order valence-corrected chi connectivity index (χ1v) is 10.4. The molecule has 2 heterocycles. The minimum absolute atomic E-state index is 0.213. The minimum Gasteiger partial charge on any atom is -0.508 e. The number of nitrogens with two attached hydrogens (primary N) is 1. The Morgan fingerprint density at radius 1 is 1.12 bits per heavy atom. The average Bonchev–Trinajstić information content (AvgIpc) is 2.77. The number of esters is 1. The molecule has 0 spiro atoms. The van der Waals surface area contributed by atoms with Crippen LogP contribution in [0.2, 0.25) is 0 Å². The topological polar surface area (TPSA) is 98.3 Å². The van der Waals surface area contributed by atoms with Crippen molar-refractivity contribution in [1.29, 1.82) is 0 Å². The lowest BCUT2D eigenvalue weighted by Crippen LogP contribution is -2.05. The van der Waals surface area contributed by atoms with Gasteiger partial charge in [0.1, 0.15) is 11.3 Å². The number of fused-ring (bicyclic) bond motifs is 3. The van der Waals surface area contributed by atoms with E-state index in [-0.39, 0.29) is 11.7 Å². The molecule has 32 heavy (non-hydrogen) atoms. The van der Waals surface area contributed by atoms with Gasteiger partial charge in [-0.15, -0.1) is 0 Å². The summed E-state index contributed by atoms with van der Waals surface area (Å²) in [5, 5.41) is 11.4. The quantitative estimate of drug-likeness (QED) is 0.288. The zero-order valence-electron chi connectivity index (χ0n) is 18.0. The highest BCUT2D eigenvalue weighted by atomic mass is 16.5. The Bertz CT molecular complexity index is 1400. The second kappa shape index (κ2) is 8.94. The Morgan fingerprint density at radius 3 is 2.75 bits per heavy atom. The Balaban J connectivity index is 1.71. The van der Waals surface area contributed by atoms with Crippen LogP contribution in [-0.4, -0.2) is 27.7 Å². The second-order valence-corrected chi connectivity index (χ2v) is 7.52. The summed E-state index contributed by atoms with van der Waals surface area (Å²) in [6.07, 6.45) is 2.58. The number of nitrogen functional groups attached to an aromatic ring is 1. The number of aromatic hydroxyl groups is 1. The van der Waals surface area contributed by atoms with Crippen LogP contribution < -0.4 is 5.73 Å². The van der Waals surface area contributed by atoms with E-state index in [4.69, 9.17) is 10.5 Å². The third-order valence-electron chi connectivity index (χ3n) is 5.20. The molecule has 0 bridgehead atoms. The van der Waals surface area contributed by atoms with Gasteiger partial charge in [0.15, 0.2) is 5.82 Å². The van der Waals surface area contributed by atoms with E-state index in [1.54, 1.807) is 31.3 Å². The number of carbonyl (C=O) groups excluding carboxylic acids is 1. The number of anilines is 1. The van der Waals surface area contributed by atoms with Gasteiger partial charge in [-0.1, -0.05) is 24.0 Å². The van der Waals surface area contributed by atoms with Crippen molar-refractivity contribution in [2.24, 2.45) is 0 Å². The smallest absolute Gasteiger partial charge is 0.306 e. The summed E-state index contributed by atoms with van der Waals surface area (Å²) in [6, 6.07) is 13.0. The maximum Gasteiger partial charge on any atom is 0.306 e. The lowest BCUT2D eigenvalue weighted by molar-refractivity contribution is -0.143. The van der Waals surface area contributed by atoms with Crippen molar-refractivity contribution in [3.8, 4) is 17.6 Å². The van der Waals surface area contributed by atoms with Gasteiger partial charge in [-0.3, -0.25) is 9.78 Å². The largest absolute Gasteiger partial charge is 0.508 e. The lowest BCUT2D eigenvalue weighted by atomic mass is 10.0. The van der Waals surface area contributed by atoms with Gasteiger partial charge >= 0.3 is 5.97 Å². The van der Waals surface area contributed by atoms with Gasteiger partial charge in [-0.05, 0) is 61.7 Å². The summed E-state index contributed by atoms with van der Waals surface area (Å²) in [4.78, 5) is 20.7. The van der Waals surface area contributed by atoms with Crippen LogP contribution in [0.5, 0.6) is 5.75 Å². The fourth-order valence-corrected chi connectivity index (χ4v) is 3.59. The fourth-order valence-electron chi connectivity index (χ4n) is 3.59. The van der Waals surface area contributed by atoms with Gasteiger partial charge in [0.25, 0.3) is 0 Å². The summed E-state index contributed by atoms with van der Waals surface area (Å²) in [6.45, 7) is 4.08. The summed E-state index contributed by atoms with van der Waals surface area (Å²) < 4.78 is 5.00. The standard InChI is InChI=1S/C26H23N3O3/c1-3-32-24(31)11-6-17-5-10-21-22-13-18(4-7-19-8-9-20(30)12-16(19)2)15-28-25(22)26(27)29-23(21)14-17/h5,8-10,12-15,30H,3,6,11H2,1-2H3,(H2,27,29). The molecule has 160 valence electrons. The zero-order chi connectivity index (χ0) is 22.7. The molecule has 0 saturated heterocycles. The van der Waals surface area contributed by atoms with E-state index in [9.17, 15) is 9.90 Å². The summed E-state index contributed by atoms with van der Waals surface area (Å²) in [5.41, 5.74) is 11.0. The normalized spacial score (nSPS) is 10.7. The van der Waals surface area contributed by atoms with Crippen molar-refractivity contribution in [2.45, 2.75) is 26.7 Å². The molecule has 0 atom stereocenters. The average molecular weight is 425 g/mol. The highest BCUT2D eigenvalue weighted by Crippen LogP contribution is 2.28. The Kier molecular flexibility index (Phi) is 5.91. The molecular weight excluding hydrogens is 402 g/mol. The summed E-state index contributed by atoms with van der Waals surface area (Å²) in [5.74, 6) is 6.64. The molecule has 3 N–H and O–H groups in total. The monoisotopic (exact) mass is 425 g/mol. The van der Waals surface area contributed by atoms with Gasteiger partial charge in [0, 0.05) is 34.5 Å². The molecule has 2 aromatic heterocycles. The van der Waals surface area contributed by atoms with Crippen molar-refractivity contribution in [1.82, 2.24) is 9.97 Å². The van der Waals surface area contributed by atoms with E-state index in [0.717, 1.165) is 38.5 Å². The van der Waals surface area contributed by atoms with Crippen LogP contribution in [0, 0.1) is 18.8 Å². The highest BCUT2D eigenvalue weighted by Gasteiger charge is 2.10. The van der Waals surface area contributed by atoms with Gasteiger partial charge in [0.2, 0.25) is 0 Å². The number of hydrogen-bond acceptors (Lipinski definition) is 6. The Morgan fingerprint density at radius 2 is 1.97 bits per heavy atom. The van der Waals surface area contributed by atoms with Crippen molar-refractivity contribution in [3.63, 3.8) is 0 Å². The molecule has 6 heteroatoms. The van der Waals surface area contributed by atoms with Crippen LogP contribution >= 0.6 is 0 Å². The third-order valence-corrected chi connectivity index (χ3v) is 5.20. The van der Waals surface area contributed by atoms with Gasteiger partial charge in [-0.25, -0.2) is 4.98 Å². The van der Waals surface area contributed by atoms with E-state index in [1.165, 1.54) is 0 Å². The minimum atomic E-state index is -0.213. The number of hydrogen-bond donors (Lipinski definition) is 2. The molecule has 4 rings (SSSR count). The first-order valence-electron chi connectivity index (χ1n) is 10.4. The number of pyridine rings is 2.